The van der Waals surface area contributed by atoms with Crippen molar-refractivity contribution in [3.63, 3.8) is 0 Å². The highest BCUT2D eigenvalue weighted by atomic mass is 15.1. The fourth-order valence-electron chi connectivity index (χ4n) is 6.21. The van der Waals surface area contributed by atoms with E-state index in [1.165, 1.54) is 66.3 Å². The third-order valence-electron chi connectivity index (χ3n) is 7.91. The van der Waals surface area contributed by atoms with Crippen molar-refractivity contribution in [2.45, 2.75) is 12.8 Å². The number of benzene rings is 5. The molecule has 0 fully saturated rings. The Labute approximate surface area is 221 Å². The van der Waals surface area contributed by atoms with Crippen molar-refractivity contribution in [1.82, 2.24) is 4.40 Å². The monoisotopic (exact) mass is 486 g/mol. The molecule has 0 aliphatic heterocycles. The molecule has 0 saturated heterocycles. The lowest BCUT2D eigenvalue weighted by atomic mass is 9.99. The summed E-state index contributed by atoms with van der Waals surface area (Å²) in [7, 11) is 0. The molecular weight excluding hydrogens is 460 g/mol. The second-order valence-electron chi connectivity index (χ2n) is 10.1. The van der Waals surface area contributed by atoms with Crippen molar-refractivity contribution in [3.8, 4) is 11.1 Å². The summed E-state index contributed by atoms with van der Waals surface area (Å²) in [6, 6.07) is 42.0. The Balaban J connectivity index is 1.30. The average Bonchev–Trinajstić information content (AvgIpc) is 3.51. The molecule has 0 atom stereocenters. The average molecular weight is 487 g/mol. The SMILES string of the molecule is C1=CC(N(c2ccccc2)c2ccc(-c3cc4c5ccccc5n5c6ccccc6c(c3)c45)cc2)=CCC1. The Morgan fingerprint density at radius 2 is 1.13 bits per heavy atom. The second kappa shape index (κ2) is 8.36. The molecule has 2 heterocycles. The van der Waals surface area contributed by atoms with Gasteiger partial charge in [-0.2, -0.15) is 0 Å². The van der Waals surface area contributed by atoms with Crippen LogP contribution in [0.2, 0.25) is 0 Å². The van der Waals surface area contributed by atoms with Gasteiger partial charge in [-0.05, 0) is 78.6 Å². The van der Waals surface area contributed by atoms with E-state index < -0.39 is 0 Å². The number of anilines is 2. The zero-order valence-electron chi connectivity index (χ0n) is 21.0. The van der Waals surface area contributed by atoms with Gasteiger partial charge in [-0.15, -0.1) is 0 Å². The van der Waals surface area contributed by atoms with Gasteiger partial charge in [0.1, 0.15) is 0 Å². The summed E-state index contributed by atoms with van der Waals surface area (Å²) in [4.78, 5) is 2.35. The van der Waals surface area contributed by atoms with Crippen LogP contribution in [0.1, 0.15) is 12.8 Å². The number of rotatable bonds is 4. The van der Waals surface area contributed by atoms with Crippen LogP contribution >= 0.6 is 0 Å². The molecule has 0 unspecified atom stereocenters. The van der Waals surface area contributed by atoms with Gasteiger partial charge in [-0.1, -0.05) is 78.9 Å². The highest BCUT2D eigenvalue weighted by Gasteiger charge is 2.19. The molecule has 7 aromatic rings. The molecule has 0 spiro atoms. The summed E-state index contributed by atoms with van der Waals surface area (Å²) in [6.07, 6.45) is 9.03. The zero-order chi connectivity index (χ0) is 25.1. The molecule has 180 valence electrons. The van der Waals surface area contributed by atoms with Crippen molar-refractivity contribution in [2.24, 2.45) is 0 Å². The standard InChI is InChI=1S/C36H26N2/c1-3-11-27(12-4-1)37(28-13-5-2-6-14-28)29-21-19-25(20-22-29)26-23-32-30-15-7-9-17-34(30)38-35-18-10-8-16-31(35)33(24-26)36(32)38/h1,3-5,7-24H,2,6H2. The first-order valence-electron chi connectivity index (χ1n) is 13.4. The summed E-state index contributed by atoms with van der Waals surface area (Å²) < 4.78 is 2.44. The largest absolute Gasteiger partial charge is 0.311 e. The van der Waals surface area contributed by atoms with E-state index in [1.807, 2.05) is 0 Å². The number of para-hydroxylation sites is 3. The van der Waals surface area contributed by atoms with E-state index >= 15 is 0 Å². The van der Waals surface area contributed by atoms with Crippen molar-refractivity contribution in [2.75, 3.05) is 4.90 Å². The number of aromatic nitrogens is 1. The van der Waals surface area contributed by atoms with E-state index in [4.69, 9.17) is 0 Å². The van der Waals surface area contributed by atoms with E-state index in [-0.39, 0.29) is 0 Å². The Kier molecular flexibility index (Phi) is 4.68. The first-order chi connectivity index (χ1) is 18.9. The molecule has 0 bridgehead atoms. The Morgan fingerprint density at radius 3 is 1.76 bits per heavy atom. The van der Waals surface area contributed by atoms with Gasteiger partial charge in [-0.3, -0.25) is 0 Å². The van der Waals surface area contributed by atoms with Crippen molar-refractivity contribution >= 4 is 49.5 Å². The van der Waals surface area contributed by atoms with Crippen LogP contribution in [0.3, 0.4) is 0 Å². The molecule has 0 saturated carbocycles. The number of hydrogen-bond donors (Lipinski definition) is 0. The third kappa shape index (κ3) is 3.13. The number of allylic oxidation sites excluding steroid dienone is 3. The van der Waals surface area contributed by atoms with Gasteiger partial charge in [0.05, 0.1) is 16.6 Å². The molecule has 2 heteroatoms. The number of hydrogen-bond acceptors (Lipinski definition) is 1. The first kappa shape index (κ1) is 21.3. The predicted octanol–water partition coefficient (Wildman–Crippen LogP) is 9.88. The van der Waals surface area contributed by atoms with E-state index in [1.54, 1.807) is 0 Å². The smallest absolute Gasteiger partial charge is 0.0620 e. The van der Waals surface area contributed by atoms with Crippen LogP contribution in [0.5, 0.6) is 0 Å². The normalized spacial score (nSPS) is 13.6. The summed E-state index contributed by atoms with van der Waals surface area (Å²) in [5.74, 6) is 0. The van der Waals surface area contributed by atoms with Crippen LogP contribution in [0.4, 0.5) is 11.4 Å². The highest BCUT2D eigenvalue weighted by Crippen LogP contribution is 2.42. The molecule has 2 nitrogen and oxygen atoms in total. The van der Waals surface area contributed by atoms with E-state index in [0.29, 0.717) is 0 Å². The summed E-state index contributed by atoms with van der Waals surface area (Å²) in [5, 5.41) is 5.25. The van der Waals surface area contributed by atoms with E-state index in [9.17, 15) is 0 Å². The molecular formula is C36H26N2. The van der Waals surface area contributed by atoms with Gasteiger partial charge >= 0.3 is 0 Å². The van der Waals surface area contributed by atoms with E-state index in [0.717, 1.165) is 12.8 Å². The minimum atomic E-state index is 1.07. The lowest BCUT2D eigenvalue weighted by molar-refractivity contribution is 0.997. The fourth-order valence-corrected chi connectivity index (χ4v) is 6.21. The van der Waals surface area contributed by atoms with Crippen molar-refractivity contribution in [1.29, 1.82) is 0 Å². The van der Waals surface area contributed by atoms with Gasteiger partial charge in [0.15, 0.2) is 0 Å². The molecule has 0 N–H and O–H groups in total. The maximum absolute atomic E-state index is 2.44. The third-order valence-corrected chi connectivity index (χ3v) is 7.91. The van der Waals surface area contributed by atoms with E-state index in [2.05, 4.69) is 143 Å². The van der Waals surface area contributed by atoms with Crippen LogP contribution in [0.15, 0.2) is 139 Å². The van der Waals surface area contributed by atoms with Gasteiger partial charge in [0.2, 0.25) is 0 Å². The molecule has 0 radical (unpaired) electrons. The van der Waals surface area contributed by atoms with Crippen LogP contribution in [-0.4, -0.2) is 4.40 Å². The molecule has 5 aromatic carbocycles. The van der Waals surface area contributed by atoms with Crippen molar-refractivity contribution < 1.29 is 0 Å². The van der Waals surface area contributed by atoms with Crippen LogP contribution in [-0.2, 0) is 0 Å². The molecule has 8 rings (SSSR count). The molecule has 2 aromatic heterocycles. The predicted molar refractivity (Wildman–Crippen MR) is 162 cm³/mol. The Morgan fingerprint density at radius 1 is 0.526 bits per heavy atom. The first-order valence-corrected chi connectivity index (χ1v) is 13.4. The number of nitrogens with zero attached hydrogens (tertiary/aromatic N) is 2. The summed E-state index contributed by atoms with van der Waals surface area (Å²) >= 11 is 0. The minimum absolute atomic E-state index is 1.07. The van der Waals surface area contributed by atoms with Crippen LogP contribution in [0.25, 0.3) is 49.2 Å². The van der Waals surface area contributed by atoms with Gasteiger partial charge in [0.25, 0.3) is 0 Å². The highest BCUT2D eigenvalue weighted by molar-refractivity contribution is 6.24. The summed E-state index contributed by atoms with van der Waals surface area (Å²) in [6.45, 7) is 0. The summed E-state index contributed by atoms with van der Waals surface area (Å²) in [5.41, 5.74) is 9.92. The van der Waals surface area contributed by atoms with Gasteiger partial charge in [0, 0.05) is 38.6 Å². The lowest BCUT2D eigenvalue weighted by Gasteiger charge is -2.27. The Bertz CT molecular complexity index is 1920. The molecule has 1 aliphatic rings. The maximum atomic E-state index is 2.44. The second-order valence-corrected chi connectivity index (χ2v) is 10.1. The van der Waals surface area contributed by atoms with Gasteiger partial charge < -0.3 is 9.30 Å². The van der Waals surface area contributed by atoms with Gasteiger partial charge in [-0.25, -0.2) is 0 Å². The fraction of sp³-hybridized carbons (Fsp3) is 0.0556. The maximum Gasteiger partial charge on any atom is 0.0620 e. The minimum Gasteiger partial charge on any atom is -0.311 e. The van der Waals surface area contributed by atoms with Crippen LogP contribution in [0, 0.1) is 0 Å². The molecule has 0 amide bonds. The molecule has 1 aliphatic carbocycles. The zero-order valence-corrected chi connectivity index (χ0v) is 21.0. The van der Waals surface area contributed by atoms with Crippen molar-refractivity contribution in [3.05, 3.63) is 139 Å². The lowest BCUT2D eigenvalue weighted by Crippen LogP contribution is -2.16. The number of fused-ring (bicyclic) bond motifs is 6. The topological polar surface area (TPSA) is 7.65 Å². The van der Waals surface area contributed by atoms with Crippen LogP contribution < -0.4 is 4.90 Å². The molecule has 38 heavy (non-hydrogen) atoms. The Hall–Kier alpha value is -4.82. The quantitative estimate of drug-likeness (QED) is 0.240.